The Labute approximate surface area is 162 Å². The molecule has 7 heteroatoms. The number of nitrogens with zero attached hydrogens (tertiary/aromatic N) is 2. The summed E-state index contributed by atoms with van der Waals surface area (Å²) in [5.41, 5.74) is 2.62. The molecule has 3 rings (SSSR count). The fourth-order valence-electron chi connectivity index (χ4n) is 2.55. The second-order valence-corrected chi connectivity index (χ2v) is 6.70. The maximum absolute atomic E-state index is 12.1. The maximum atomic E-state index is 12.1. The zero-order chi connectivity index (χ0) is 18.5. The first kappa shape index (κ1) is 18.3. The molecule has 2 amide bonds. The molecule has 0 saturated carbocycles. The van der Waals surface area contributed by atoms with Crippen LogP contribution in [0.2, 0.25) is 10.0 Å². The second kappa shape index (κ2) is 8.25. The Morgan fingerprint density at radius 2 is 1.96 bits per heavy atom. The zero-order valence-electron chi connectivity index (χ0n) is 14.2. The minimum atomic E-state index is -0.343. The predicted molar refractivity (Wildman–Crippen MR) is 105 cm³/mol. The van der Waals surface area contributed by atoms with Crippen molar-refractivity contribution in [3.63, 3.8) is 0 Å². The summed E-state index contributed by atoms with van der Waals surface area (Å²) in [7, 11) is 0. The highest BCUT2D eigenvalue weighted by atomic mass is 35.5. The minimum absolute atomic E-state index is 0.343. The highest BCUT2D eigenvalue weighted by Crippen LogP contribution is 2.25. The molecule has 1 heterocycles. The standard InChI is InChI=1S/C19H18Cl2N4O/c1-13-22-7-8-25(13)12-15-4-2-3-14(9-15)11-23-19(26)24-18-10-16(20)5-6-17(18)21/h2-10H,11-12H2,1H3,(H2,23,24,26). The molecule has 2 aromatic carbocycles. The molecule has 0 aliphatic heterocycles. The number of carbonyl (C=O) groups is 1. The van der Waals surface area contributed by atoms with Crippen molar-refractivity contribution >= 4 is 34.9 Å². The van der Waals surface area contributed by atoms with Crippen LogP contribution >= 0.6 is 23.2 Å². The lowest BCUT2D eigenvalue weighted by molar-refractivity contribution is 0.251. The van der Waals surface area contributed by atoms with E-state index in [1.165, 1.54) is 0 Å². The number of benzene rings is 2. The molecule has 0 fully saturated rings. The summed E-state index contributed by atoms with van der Waals surface area (Å²) in [5, 5.41) is 6.46. The van der Waals surface area contributed by atoms with Gasteiger partial charge in [-0.3, -0.25) is 0 Å². The van der Waals surface area contributed by atoms with Gasteiger partial charge in [0.15, 0.2) is 0 Å². The van der Waals surface area contributed by atoms with Gasteiger partial charge in [0.2, 0.25) is 0 Å². The van der Waals surface area contributed by atoms with E-state index in [-0.39, 0.29) is 6.03 Å². The zero-order valence-corrected chi connectivity index (χ0v) is 15.7. The molecule has 26 heavy (non-hydrogen) atoms. The fraction of sp³-hybridized carbons (Fsp3) is 0.158. The number of anilines is 1. The van der Waals surface area contributed by atoms with Gasteiger partial charge in [0.25, 0.3) is 0 Å². The summed E-state index contributed by atoms with van der Waals surface area (Å²) >= 11 is 12.0. The average molecular weight is 389 g/mol. The number of amides is 2. The van der Waals surface area contributed by atoms with Gasteiger partial charge in [-0.05, 0) is 36.2 Å². The van der Waals surface area contributed by atoms with Gasteiger partial charge in [-0.2, -0.15) is 0 Å². The van der Waals surface area contributed by atoms with E-state index in [1.807, 2.05) is 25.3 Å². The number of nitrogens with one attached hydrogen (secondary N) is 2. The Balaban J connectivity index is 1.59. The van der Waals surface area contributed by atoms with E-state index in [9.17, 15) is 4.79 Å². The maximum Gasteiger partial charge on any atom is 0.319 e. The van der Waals surface area contributed by atoms with Crippen molar-refractivity contribution < 1.29 is 4.79 Å². The van der Waals surface area contributed by atoms with E-state index in [2.05, 4.69) is 32.3 Å². The van der Waals surface area contributed by atoms with Crippen LogP contribution in [0.25, 0.3) is 0 Å². The lowest BCUT2D eigenvalue weighted by Crippen LogP contribution is -2.28. The second-order valence-electron chi connectivity index (χ2n) is 5.85. The van der Waals surface area contributed by atoms with E-state index >= 15 is 0 Å². The van der Waals surface area contributed by atoms with Gasteiger partial charge in [0.05, 0.1) is 10.7 Å². The minimum Gasteiger partial charge on any atom is -0.334 e. The molecular formula is C19H18Cl2N4O. The molecule has 0 saturated heterocycles. The van der Waals surface area contributed by atoms with Crippen LogP contribution < -0.4 is 10.6 Å². The van der Waals surface area contributed by atoms with Crippen molar-refractivity contribution in [2.75, 3.05) is 5.32 Å². The Morgan fingerprint density at radius 3 is 2.73 bits per heavy atom. The normalized spacial score (nSPS) is 10.6. The third kappa shape index (κ3) is 4.77. The number of hydrogen-bond donors (Lipinski definition) is 2. The number of carbonyl (C=O) groups excluding carboxylic acids is 1. The largest absolute Gasteiger partial charge is 0.334 e. The molecule has 0 spiro atoms. The van der Waals surface area contributed by atoms with Gasteiger partial charge >= 0.3 is 6.03 Å². The van der Waals surface area contributed by atoms with Crippen LogP contribution in [0.5, 0.6) is 0 Å². The number of halogens is 2. The van der Waals surface area contributed by atoms with E-state index in [4.69, 9.17) is 23.2 Å². The number of hydrogen-bond acceptors (Lipinski definition) is 2. The lowest BCUT2D eigenvalue weighted by atomic mass is 10.1. The van der Waals surface area contributed by atoms with E-state index in [0.717, 1.165) is 23.5 Å². The first-order valence-electron chi connectivity index (χ1n) is 8.07. The van der Waals surface area contributed by atoms with Crippen molar-refractivity contribution in [3.05, 3.63) is 81.9 Å². The third-order valence-electron chi connectivity index (χ3n) is 3.90. The SMILES string of the molecule is Cc1nccn1Cc1cccc(CNC(=O)Nc2cc(Cl)ccc2Cl)c1. The Morgan fingerprint density at radius 1 is 1.15 bits per heavy atom. The van der Waals surface area contributed by atoms with Crippen LogP contribution in [0.3, 0.4) is 0 Å². The van der Waals surface area contributed by atoms with Gasteiger partial charge in [0.1, 0.15) is 5.82 Å². The molecule has 0 bridgehead atoms. The number of aryl methyl sites for hydroxylation is 1. The van der Waals surface area contributed by atoms with E-state index in [0.29, 0.717) is 22.3 Å². The highest BCUT2D eigenvalue weighted by Gasteiger charge is 2.07. The predicted octanol–water partition coefficient (Wildman–Crippen LogP) is 4.87. The molecule has 2 N–H and O–H groups in total. The summed E-state index contributed by atoms with van der Waals surface area (Å²) in [4.78, 5) is 16.3. The topological polar surface area (TPSA) is 59.0 Å². The van der Waals surface area contributed by atoms with Crippen molar-refractivity contribution in [2.24, 2.45) is 0 Å². The molecule has 0 radical (unpaired) electrons. The van der Waals surface area contributed by atoms with Crippen molar-refractivity contribution in [2.45, 2.75) is 20.0 Å². The number of aromatic nitrogens is 2. The highest BCUT2D eigenvalue weighted by molar-refractivity contribution is 6.35. The van der Waals surface area contributed by atoms with Crippen molar-refractivity contribution in [1.82, 2.24) is 14.9 Å². The van der Waals surface area contributed by atoms with Crippen LogP contribution in [-0.4, -0.2) is 15.6 Å². The molecule has 134 valence electrons. The summed E-state index contributed by atoms with van der Waals surface area (Å²) in [6.07, 6.45) is 3.73. The smallest absolute Gasteiger partial charge is 0.319 e. The summed E-state index contributed by atoms with van der Waals surface area (Å²) < 4.78 is 2.07. The quantitative estimate of drug-likeness (QED) is 0.654. The lowest BCUT2D eigenvalue weighted by Gasteiger charge is -2.11. The van der Waals surface area contributed by atoms with Gasteiger partial charge < -0.3 is 15.2 Å². The van der Waals surface area contributed by atoms with Crippen LogP contribution in [-0.2, 0) is 13.1 Å². The fourth-order valence-corrected chi connectivity index (χ4v) is 2.88. The summed E-state index contributed by atoms with van der Waals surface area (Å²) in [6, 6.07) is 12.6. The van der Waals surface area contributed by atoms with Gasteiger partial charge in [-0.1, -0.05) is 47.5 Å². The monoisotopic (exact) mass is 388 g/mol. The number of urea groups is 1. The third-order valence-corrected chi connectivity index (χ3v) is 4.46. The van der Waals surface area contributed by atoms with E-state index < -0.39 is 0 Å². The number of imidazole rings is 1. The summed E-state index contributed by atoms with van der Waals surface area (Å²) in [6.45, 7) is 3.11. The van der Waals surface area contributed by atoms with Gasteiger partial charge in [-0.25, -0.2) is 9.78 Å². The van der Waals surface area contributed by atoms with Crippen LogP contribution in [0.1, 0.15) is 17.0 Å². The van der Waals surface area contributed by atoms with Crippen molar-refractivity contribution in [3.8, 4) is 0 Å². The molecule has 0 unspecified atom stereocenters. The average Bonchev–Trinajstić information content (AvgIpc) is 3.01. The molecule has 0 aliphatic carbocycles. The first-order valence-corrected chi connectivity index (χ1v) is 8.82. The molecule has 3 aromatic rings. The molecule has 1 aromatic heterocycles. The van der Waals surface area contributed by atoms with Crippen LogP contribution in [0.4, 0.5) is 10.5 Å². The molecular weight excluding hydrogens is 371 g/mol. The molecule has 0 aliphatic rings. The first-order chi connectivity index (χ1) is 12.5. The Hall–Kier alpha value is -2.50. The van der Waals surface area contributed by atoms with Gasteiger partial charge in [-0.15, -0.1) is 0 Å². The summed E-state index contributed by atoms with van der Waals surface area (Å²) in [5.74, 6) is 0.964. The Kier molecular flexibility index (Phi) is 5.81. The van der Waals surface area contributed by atoms with E-state index in [1.54, 1.807) is 24.4 Å². The Bertz CT molecular complexity index is 923. The van der Waals surface area contributed by atoms with Crippen LogP contribution in [0.15, 0.2) is 54.9 Å². The number of rotatable bonds is 5. The molecule has 0 atom stereocenters. The molecule has 5 nitrogen and oxygen atoms in total. The van der Waals surface area contributed by atoms with Crippen LogP contribution in [0, 0.1) is 6.92 Å². The van der Waals surface area contributed by atoms with Gasteiger partial charge in [0, 0.05) is 30.5 Å². The van der Waals surface area contributed by atoms with Crippen molar-refractivity contribution in [1.29, 1.82) is 0 Å².